The third-order valence-corrected chi connectivity index (χ3v) is 8.73. The molecule has 0 heterocycles. The molecule has 0 N–H and O–H groups in total. The topological polar surface area (TPSA) is 57.2 Å². The SMILES string of the molecule is CCCCCCCCCCCCCCCCCCCCCCCCCCCc1ccccc1S(=O)(=O)[O-].[Na+]. The molecule has 0 saturated heterocycles. The molecule has 0 saturated carbocycles. The third kappa shape index (κ3) is 22.9. The maximum absolute atomic E-state index is 11.3. The third-order valence-electron chi connectivity index (χ3n) is 7.79. The molecule has 0 aliphatic carbocycles. The minimum atomic E-state index is -4.36. The van der Waals surface area contributed by atoms with Crippen molar-refractivity contribution in [1.82, 2.24) is 0 Å². The van der Waals surface area contributed by atoms with Crippen molar-refractivity contribution in [1.29, 1.82) is 0 Å². The number of benzene rings is 1. The minimum absolute atomic E-state index is 0. The summed E-state index contributed by atoms with van der Waals surface area (Å²) < 4.78 is 34.0. The molecule has 0 bridgehead atoms. The largest absolute Gasteiger partial charge is 1.00 e. The molecular formula is C33H59NaO3S. The molecule has 0 amide bonds. The van der Waals surface area contributed by atoms with Gasteiger partial charge in [0.15, 0.2) is 0 Å². The van der Waals surface area contributed by atoms with Gasteiger partial charge in [-0.3, -0.25) is 0 Å². The number of aryl methyl sites for hydroxylation is 1. The van der Waals surface area contributed by atoms with Crippen molar-refractivity contribution in [3.8, 4) is 0 Å². The first-order valence-electron chi connectivity index (χ1n) is 16.1. The summed E-state index contributed by atoms with van der Waals surface area (Å²) in [5.41, 5.74) is 0.673. The van der Waals surface area contributed by atoms with Gasteiger partial charge in [0.05, 0.1) is 4.90 Å². The van der Waals surface area contributed by atoms with Crippen molar-refractivity contribution < 1.29 is 42.5 Å². The van der Waals surface area contributed by atoms with Gasteiger partial charge in [0.25, 0.3) is 0 Å². The predicted octanol–water partition coefficient (Wildman–Crippen LogP) is 7.91. The maximum atomic E-state index is 11.3. The Balaban J connectivity index is 0.0000137. The second kappa shape index (κ2) is 27.3. The zero-order chi connectivity index (χ0) is 26.9. The van der Waals surface area contributed by atoms with E-state index in [0.29, 0.717) is 12.0 Å². The fourth-order valence-corrected chi connectivity index (χ4v) is 6.15. The van der Waals surface area contributed by atoms with Crippen molar-refractivity contribution in [3.05, 3.63) is 29.8 Å². The molecule has 0 atom stereocenters. The number of unbranched alkanes of at least 4 members (excludes halogenated alkanes) is 24. The van der Waals surface area contributed by atoms with Gasteiger partial charge in [0.2, 0.25) is 0 Å². The molecule has 38 heavy (non-hydrogen) atoms. The van der Waals surface area contributed by atoms with Crippen LogP contribution in [0.4, 0.5) is 0 Å². The van der Waals surface area contributed by atoms with Gasteiger partial charge in [-0.1, -0.05) is 179 Å². The smallest absolute Gasteiger partial charge is 0.744 e. The van der Waals surface area contributed by atoms with Gasteiger partial charge in [-0.15, -0.1) is 0 Å². The first-order valence-corrected chi connectivity index (χ1v) is 17.5. The Bertz CT molecular complexity index is 736. The van der Waals surface area contributed by atoms with Crippen LogP contribution < -0.4 is 29.6 Å². The molecule has 0 spiro atoms. The molecule has 0 radical (unpaired) electrons. The van der Waals surface area contributed by atoms with Crippen molar-refractivity contribution in [2.24, 2.45) is 0 Å². The minimum Gasteiger partial charge on any atom is -0.744 e. The zero-order valence-corrected chi connectivity index (χ0v) is 28.1. The number of hydrogen-bond acceptors (Lipinski definition) is 3. The Morgan fingerprint density at radius 3 is 1.11 bits per heavy atom. The van der Waals surface area contributed by atoms with E-state index in [1.807, 2.05) is 6.07 Å². The molecule has 0 aliphatic heterocycles. The van der Waals surface area contributed by atoms with Crippen LogP contribution in [0.2, 0.25) is 0 Å². The van der Waals surface area contributed by atoms with Crippen LogP contribution in [0.3, 0.4) is 0 Å². The standard InChI is InChI=1S/C33H60O3S.Na/c1-2-3-4-5-6-7-8-9-10-11-12-13-14-15-16-17-18-19-20-21-22-23-24-25-26-29-32-30-27-28-31-33(32)37(34,35)36;/h27-28,30-31H,2-26,29H2,1H3,(H,34,35,36);/q;+1/p-1. The van der Waals surface area contributed by atoms with Crippen molar-refractivity contribution in [3.63, 3.8) is 0 Å². The number of hydrogen-bond donors (Lipinski definition) is 0. The van der Waals surface area contributed by atoms with Crippen molar-refractivity contribution in [2.75, 3.05) is 0 Å². The summed E-state index contributed by atoms with van der Waals surface area (Å²) in [4.78, 5) is -0.0423. The Hall–Kier alpha value is 0.130. The van der Waals surface area contributed by atoms with Gasteiger partial charge < -0.3 is 4.55 Å². The van der Waals surface area contributed by atoms with E-state index in [1.165, 1.54) is 154 Å². The molecule has 0 aliphatic rings. The zero-order valence-electron chi connectivity index (χ0n) is 25.3. The van der Waals surface area contributed by atoms with Crippen molar-refractivity contribution in [2.45, 2.75) is 179 Å². The predicted molar refractivity (Wildman–Crippen MR) is 159 cm³/mol. The molecule has 0 unspecified atom stereocenters. The quantitative estimate of drug-likeness (QED) is 0.0626. The van der Waals surface area contributed by atoms with Crippen LogP contribution in [0.1, 0.15) is 173 Å². The summed E-state index contributed by atoms with van der Waals surface area (Å²) >= 11 is 0. The molecule has 1 aromatic rings. The Morgan fingerprint density at radius 1 is 0.500 bits per heavy atom. The molecule has 216 valence electrons. The Morgan fingerprint density at radius 2 is 0.789 bits per heavy atom. The van der Waals surface area contributed by atoms with Gasteiger partial charge in [-0.25, -0.2) is 8.42 Å². The number of rotatable bonds is 27. The van der Waals surface area contributed by atoms with Crippen molar-refractivity contribution >= 4 is 10.1 Å². The second-order valence-corrected chi connectivity index (χ2v) is 12.6. The van der Waals surface area contributed by atoms with Crippen LogP contribution >= 0.6 is 0 Å². The van der Waals surface area contributed by atoms with E-state index in [4.69, 9.17) is 0 Å². The molecule has 1 aromatic carbocycles. The van der Waals surface area contributed by atoms with Gasteiger partial charge >= 0.3 is 29.6 Å². The summed E-state index contributed by atoms with van der Waals surface area (Å²) in [6, 6.07) is 6.63. The Kier molecular flexibility index (Phi) is 27.4. The Labute approximate surface area is 259 Å². The molecule has 0 fully saturated rings. The maximum Gasteiger partial charge on any atom is 1.00 e. The molecule has 0 aromatic heterocycles. The normalized spacial score (nSPS) is 11.5. The van der Waals surface area contributed by atoms with Crippen LogP contribution in [0.15, 0.2) is 29.2 Å². The monoisotopic (exact) mass is 558 g/mol. The molecular weight excluding hydrogens is 499 g/mol. The molecule has 3 nitrogen and oxygen atoms in total. The van der Waals surface area contributed by atoms with Gasteiger partial charge in [-0.2, -0.15) is 0 Å². The summed E-state index contributed by atoms with van der Waals surface area (Å²) in [5.74, 6) is 0. The summed E-state index contributed by atoms with van der Waals surface area (Å²) in [5, 5.41) is 0. The van der Waals surface area contributed by atoms with E-state index in [2.05, 4.69) is 6.92 Å². The fraction of sp³-hybridized carbons (Fsp3) is 0.818. The summed E-state index contributed by atoms with van der Waals surface area (Å²) in [6.45, 7) is 2.29. The first kappa shape index (κ1) is 38.1. The van der Waals surface area contributed by atoms with Gasteiger partial charge in [0, 0.05) is 0 Å². The van der Waals surface area contributed by atoms with E-state index in [9.17, 15) is 13.0 Å². The van der Waals surface area contributed by atoms with Crippen LogP contribution in [0.5, 0.6) is 0 Å². The van der Waals surface area contributed by atoms with Crippen LogP contribution in [-0.4, -0.2) is 13.0 Å². The first-order chi connectivity index (χ1) is 18.1. The molecule has 1 rings (SSSR count). The fourth-order valence-electron chi connectivity index (χ4n) is 5.41. The van der Waals surface area contributed by atoms with Crippen LogP contribution in [-0.2, 0) is 16.5 Å². The van der Waals surface area contributed by atoms with E-state index in [1.54, 1.807) is 12.1 Å². The average Bonchev–Trinajstić information content (AvgIpc) is 2.88. The van der Waals surface area contributed by atoms with Gasteiger partial charge in [-0.05, 0) is 24.5 Å². The van der Waals surface area contributed by atoms with E-state index in [-0.39, 0.29) is 34.5 Å². The summed E-state index contributed by atoms with van der Waals surface area (Å²) in [6.07, 6.45) is 35.0. The van der Waals surface area contributed by atoms with E-state index >= 15 is 0 Å². The van der Waals surface area contributed by atoms with E-state index < -0.39 is 10.1 Å². The molecule has 5 heteroatoms. The summed E-state index contributed by atoms with van der Waals surface area (Å²) in [7, 11) is -4.36. The second-order valence-electron chi connectivity index (χ2n) is 11.3. The van der Waals surface area contributed by atoms with E-state index in [0.717, 1.165) is 12.8 Å². The van der Waals surface area contributed by atoms with Gasteiger partial charge in [0.1, 0.15) is 10.1 Å². The van der Waals surface area contributed by atoms with Crippen LogP contribution in [0, 0.1) is 0 Å². The average molecular weight is 559 g/mol. The van der Waals surface area contributed by atoms with Crippen LogP contribution in [0.25, 0.3) is 0 Å².